The lowest BCUT2D eigenvalue weighted by Gasteiger charge is -2.15. The van der Waals surface area contributed by atoms with Crippen LogP contribution in [0.25, 0.3) is 0 Å². The van der Waals surface area contributed by atoms with Crippen molar-refractivity contribution in [1.82, 2.24) is 15.5 Å². The van der Waals surface area contributed by atoms with Gasteiger partial charge in [-0.1, -0.05) is 38.0 Å². The summed E-state index contributed by atoms with van der Waals surface area (Å²) in [6.45, 7) is 5.24. The maximum Gasteiger partial charge on any atom is 0.282 e. The van der Waals surface area contributed by atoms with E-state index in [1.165, 1.54) is 30.6 Å². The predicted octanol–water partition coefficient (Wildman–Crippen LogP) is 3.06. The Bertz CT molecular complexity index is 435. The van der Waals surface area contributed by atoms with Crippen LogP contribution >= 0.6 is 11.3 Å². The normalized spacial score (nSPS) is 23.1. The first-order valence-electron chi connectivity index (χ1n) is 7.57. The Morgan fingerprint density at radius 2 is 2.15 bits per heavy atom. The molecule has 1 aromatic heterocycles. The maximum absolute atomic E-state index is 12.2. The molecule has 5 nitrogen and oxygen atoms in total. The van der Waals surface area contributed by atoms with Crippen LogP contribution in [0.4, 0.5) is 5.13 Å². The van der Waals surface area contributed by atoms with E-state index in [0.717, 1.165) is 36.9 Å². The molecule has 0 bridgehead atoms. The number of nitrogens with one attached hydrogen (secondary N) is 2. The number of hydrogen-bond donors (Lipinski definition) is 2. The van der Waals surface area contributed by atoms with Crippen molar-refractivity contribution in [2.75, 3.05) is 11.9 Å². The first-order chi connectivity index (χ1) is 9.69. The second-order valence-electron chi connectivity index (χ2n) is 5.62. The zero-order valence-corrected chi connectivity index (χ0v) is 13.1. The van der Waals surface area contributed by atoms with E-state index in [-0.39, 0.29) is 5.91 Å². The maximum atomic E-state index is 12.2. The molecule has 2 unspecified atom stereocenters. The van der Waals surface area contributed by atoms with Crippen molar-refractivity contribution >= 4 is 22.4 Å². The summed E-state index contributed by atoms with van der Waals surface area (Å²) in [6, 6.07) is 0.295. The highest BCUT2D eigenvalue weighted by Crippen LogP contribution is 2.23. The van der Waals surface area contributed by atoms with Crippen LogP contribution in [0, 0.1) is 5.92 Å². The molecule has 1 heterocycles. The second-order valence-corrected chi connectivity index (χ2v) is 6.60. The lowest BCUT2D eigenvalue weighted by molar-refractivity contribution is 0.0932. The summed E-state index contributed by atoms with van der Waals surface area (Å²) in [6.07, 6.45) is 6.86. The van der Waals surface area contributed by atoms with Gasteiger partial charge < -0.3 is 10.6 Å². The van der Waals surface area contributed by atoms with Gasteiger partial charge in [0.25, 0.3) is 5.91 Å². The highest BCUT2D eigenvalue weighted by molar-refractivity contribution is 7.17. The van der Waals surface area contributed by atoms with E-state index >= 15 is 0 Å². The summed E-state index contributed by atoms with van der Waals surface area (Å²) in [5.74, 6) is 0.704. The minimum Gasteiger partial charge on any atom is -0.360 e. The number of carbonyl (C=O) groups excluding carboxylic acids is 1. The second kappa shape index (κ2) is 7.57. The van der Waals surface area contributed by atoms with Crippen LogP contribution in [-0.4, -0.2) is 28.7 Å². The molecule has 20 heavy (non-hydrogen) atoms. The lowest BCUT2D eigenvalue weighted by atomic mass is 10.0. The minimum atomic E-state index is -0.0772. The molecule has 2 rings (SSSR count). The van der Waals surface area contributed by atoms with Gasteiger partial charge in [0.15, 0.2) is 0 Å². The molecule has 0 saturated heterocycles. The average Bonchev–Trinajstić information content (AvgIpc) is 2.82. The molecule has 1 fully saturated rings. The van der Waals surface area contributed by atoms with Crippen molar-refractivity contribution in [1.29, 1.82) is 0 Å². The van der Waals surface area contributed by atoms with E-state index in [1.807, 2.05) is 0 Å². The Balaban J connectivity index is 1.86. The molecule has 2 atom stereocenters. The number of amides is 1. The zero-order valence-electron chi connectivity index (χ0n) is 12.3. The molecular formula is C14H24N4OS. The van der Waals surface area contributed by atoms with Gasteiger partial charge in [-0.05, 0) is 31.6 Å². The number of carbonyl (C=O) groups is 1. The molecule has 1 saturated carbocycles. The van der Waals surface area contributed by atoms with E-state index in [4.69, 9.17) is 0 Å². The highest BCUT2D eigenvalue weighted by Gasteiger charge is 2.20. The summed E-state index contributed by atoms with van der Waals surface area (Å²) in [5.41, 5.74) is 0. The molecule has 0 spiro atoms. The molecule has 2 N–H and O–H groups in total. The van der Waals surface area contributed by atoms with E-state index in [2.05, 4.69) is 34.7 Å². The first-order valence-corrected chi connectivity index (χ1v) is 8.39. The topological polar surface area (TPSA) is 66.9 Å². The molecule has 1 amide bonds. The summed E-state index contributed by atoms with van der Waals surface area (Å²) >= 11 is 1.33. The van der Waals surface area contributed by atoms with Crippen LogP contribution in [-0.2, 0) is 0 Å². The highest BCUT2D eigenvalue weighted by atomic mass is 32.1. The summed E-state index contributed by atoms with van der Waals surface area (Å²) in [7, 11) is 0. The Morgan fingerprint density at radius 1 is 1.30 bits per heavy atom. The van der Waals surface area contributed by atoms with Crippen molar-refractivity contribution < 1.29 is 4.79 Å². The van der Waals surface area contributed by atoms with Crippen molar-refractivity contribution in [2.45, 2.75) is 58.4 Å². The Morgan fingerprint density at radius 3 is 2.95 bits per heavy atom. The molecule has 1 aliphatic carbocycles. The van der Waals surface area contributed by atoms with Gasteiger partial charge in [-0.15, -0.1) is 10.2 Å². The molecule has 1 aliphatic rings. The molecule has 0 aromatic carbocycles. The smallest absolute Gasteiger partial charge is 0.282 e. The summed E-state index contributed by atoms with van der Waals surface area (Å²) in [5, 5.41) is 15.4. The standard InChI is InChI=1S/C14H24N4OS/c1-3-9-15-14-18-17-13(20-14)12(19)16-11-6-4-5-10(2)7-8-11/h10-11H,3-9H2,1-2H3,(H,15,18)(H,16,19). The third-order valence-corrected chi connectivity index (χ3v) is 4.62. The van der Waals surface area contributed by atoms with Gasteiger partial charge in [-0.3, -0.25) is 4.79 Å². The van der Waals surface area contributed by atoms with Crippen molar-refractivity contribution in [3.05, 3.63) is 5.01 Å². The molecule has 6 heteroatoms. The molecular weight excluding hydrogens is 272 g/mol. The molecule has 112 valence electrons. The van der Waals surface area contributed by atoms with E-state index in [9.17, 15) is 4.79 Å². The van der Waals surface area contributed by atoms with E-state index in [0.29, 0.717) is 11.0 Å². The molecule has 1 aromatic rings. The van der Waals surface area contributed by atoms with E-state index in [1.54, 1.807) is 0 Å². The first kappa shape index (κ1) is 15.2. The van der Waals surface area contributed by atoms with Crippen LogP contribution in [0.2, 0.25) is 0 Å². The largest absolute Gasteiger partial charge is 0.360 e. The van der Waals surface area contributed by atoms with Gasteiger partial charge in [0, 0.05) is 12.6 Å². The number of anilines is 1. The minimum absolute atomic E-state index is 0.0772. The van der Waals surface area contributed by atoms with Crippen molar-refractivity contribution in [3.8, 4) is 0 Å². The summed E-state index contributed by atoms with van der Waals surface area (Å²) < 4.78 is 0. The number of hydrogen-bond acceptors (Lipinski definition) is 5. The Hall–Kier alpha value is -1.17. The van der Waals surface area contributed by atoms with Gasteiger partial charge in [0.2, 0.25) is 10.1 Å². The van der Waals surface area contributed by atoms with Crippen LogP contribution < -0.4 is 10.6 Å². The van der Waals surface area contributed by atoms with Gasteiger partial charge in [-0.2, -0.15) is 0 Å². The number of nitrogens with zero attached hydrogens (tertiary/aromatic N) is 2. The molecule has 0 aliphatic heterocycles. The van der Waals surface area contributed by atoms with Gasteiger partial charge in [0.05, 0.1) is 0 Å². The van der Waals surface area contributed by atoms with E-state index < -0.39 is 0 Å². The van der Waals surface area contributed by atoms with Crippen LogP contribution in [0.15, 0.2) is 0 Å². The van der Waals surface area contributed by atoms with Crippen LogP contribution in [0.5, 0.6) is 0 Å². The Kier molecular flexibility index (Phi) is 5.76. The number of rotatable bonds is 5. The van der Waals surface area contributed by atoms with Gasteiger partial charge in [-0.25, -0.2) is 0 Å². The SMILES string of the molecule is CCCNc1nnc(C(=O)NC2CCCC(C)CC2)s1. The average molecular weight is 296 g/mol. The quantitative estimate of drug-likeness (QED) is 0.820. The fourth-order valence-corrected chi connectivity index (χ4v) is 3.17. The monoisotopic (exact) mass is 296 g/mol. The predicted molar refractivity (Wildman–Crippen MR) is 82.2 cm³/mol. The zero-order chi connectivity index (χ0) is 14.4. The summed E-state index contributed by atoms with van der Waals surface area (Å²) in [4.78, 5) is 12.2. The van der Waals surface area contributed by atoms with Gasteiger partial charge in [0.1, 0.15) is 0 Å². The van der Waals surface area contributed by atoms with Gasteiger partial charge >= 0.3 is 0 Å². The van der Waals surface area contributed by atoms with Crippen LogP contribution in [0.1, 0.15) is 62.2 Å². The third kappa shape index (κ3) is 4.44. The van der Waals surface area contributed by atoms with Crippen LogP contribution in [0.3, 0.4) is 0 Å². The molecule has 0 radical (unpaired) electrons. The fraction of sp³-hybridized carbons (Fsp3) is 0.786. The third-order valence-electron chi connectivity index (χ3n) is 3.74. The van der Waals surface area contributed by atoms with Crippen molar-refractivity contribution in [2.24, 2.45) is 5.92 Å². The fourth-order valence-electron chi connectivity index (χ4n) is 2.50. The Labute approximate surface area is 124 Å². The lowest BCUT2D eigenvalue weighted by Crippen LogP contribution is -2.34. The van der Waals surface area contributed by atoms with Crippen molar-refractivity contribution in [3.63, 3.8) is 0 Å². The number of aromatic nitrogens is 2.